The second-order valence-corrected chi connectivity index (χ2v) is 8.61. The van der Waals surface area contributed by atoms with Crippen LogP contribution in [0.5, 0.6) is 5.75 Å². The van der Waals surface area contributed by atoms with Gasteiger partial charge in [-0.2, -0.15) is 0 Å². The highest BCUT2D eigenvalue weighted by Gasteiger charge is 2.20. The standard InChI is InChI=1S/C27H37N3O7/c1-35-26(32)15-14-24(27(33)36-2)29-16-6-9-25(31)30(34)18-22(28)17-20-10-12-23(13-11-20)37-19-21-7-4-3-5-8-21/h3-5,7-8,10-13,22,24,29,34H,6,9,14-19,28H2,1-2H3/t22-,24-/m0/s1. The number of nitrogens with zero attached hydrogens (tertiary/aromatic N) is 1. The monoisotopic (exact) mass is 515 g/mol. The molecule has 0 aromatic heterocycles. The Kier molecular flexibility index (Phi) is 13.1. The molecule has 0 unspecified atom stereocenters. The number of ether oxygens (including phenoxy) is 3. The molecule has 0 aliphatic carbocycles. The summed E-state index contributed by atoms with van der Waals surface area (Å²) < 4.78 is 15.1. The number of amides is 1. The predicted molar refractivity (Wildman–Crippen MR) is 137 cm³/mol. The van der Waals surface area contributed by atoms with E-state index < -0.39 is 29.9 Å². The third kappa shape index (κ3) is 11.4. The van der Waals surface area contributed by atoms with E-state index in [2.05, 4.69) is 10.1 Å². The fourth-order valence-corrected chi connectivity index (χ4v) is 3.61. The van der Waals surface area contributed by atoms with Crippen molar-refractivity contribution in [2.45, 2.75) is 50.8 Å². The SMILES string of the molecule is COC(=O)CC[C@H](NCCCC(=O)N(O)C[C@@H](N)Cc1ccc(OCc2ccccc2)cc1)C(=O)OC. The van der Waals surface area contributed by atoms with Crippen molar-refractivity contribution in [1.29, 1.82) is 0 Å². The molecule has 202 valence electrons. The van der Waals surface area contributed by atoms with Gasteiger partial charge in [-0.25, -0.2) is 5.06 Å². The lowest BCUT2D eigenvalue weighted by Crippen LogP contribution is -2.41. The van der Waals surface area contributed by atoms with Crippen molar-refractivity contribution < 1.29 is 33.8 Å². The maximum Gasteiger partial charge on any atom is 0.322 e. The molecule has 0 spiro atoms. The molecule has 0 aliphatic rings. The number of carbonyl (C=O) groups is 3. The van der Waals surface area contributed by atoms with Crippen LogP contribution in [0.4, 0.5) is 0 Å². The minimum atomic E-state index is -0.687. The van der Waals surface area contributed by atoms with Crippen LogP contribution in [0.1, 0.15) is 36.8 Å². The fraction of sp³-hybridized carbons (Fsp3) is 0.444. The Labute approximate surface area is 217 Å². The minimum absolute atomic E-state index is 0.0115. The Morgan fingerprint density at radius 3 is 2.32 bits per heavy atom. The van der Waals surface area contributed by atoms with Crippen LogP contribution >= 0.6 is 0 Å². The van der Waals surface area contributed by atoms with Gasteiger partial charge in [-0.1, -0.05) is 42.5 Å². The second-order valence-electron chi connectivity index (χ2n) is 8.61. The van der Waals surface area contributed by atoms with Crippen LogP contribution in [0, 0.1) is 0 Å². The zero-order valence-electron chi connectivity index (χ0n) is 21.4. The molecular weight excluding hydrogens is 478 g/mol. The molecule has 0 radical (unpaired) electrons. The Bertz CT molecular complexity index is 970. The van der Waals surface area contributed by atoms with Crippen molar-refractivity contribution >= 4 is 17.8 Å². The molecule has 0 saturated carbocycles. The highest BCUT2D eigenvalue weighted by atomic mass is 16.5. The average Bonchev–Trinajstić information content (AvgIpc) is 2.91. The summed E-state index contributed by atoms with van der Waals surface area (Å²) in [5, 5.41) is 13.7. The van der Waals surface area contributed by atoms with Gasteiger partial charge in [0.15, 0.2) is 0 Å². The summed E-state index contributed by atoms with van der Waals surface area (Å²) >= 11 is 0. The summed E-state index contributed by atoms with van der Waals surface area (Å²) in [6, 6.07) is 16.3. The number of hydrogen-bond acceptors (Lipinski definition) is 9. The van der Waals surface area contributed by atoms with Gasteiger partial charge in [-0.05, 0) is 49.1 Å². The molecule has 4 N–H and O–H groups in total. The number of methoxy groups -OCH3 is 2. The van der Waals surface area contributed by atoms with Crippen LogP contribution in [0.2, 0.25) is 0 Å². The van der Waals surface area contributed by atoms with E-state index in [1.807, 2.05) is 54.6 Å². The molecule has 2 rings (SSSR count). The van der Waals surface area contributed by atoms with E-state index in [9.17, 15) is 19.6 Å². The smallest absolute Gasteiger partial charge is 0.322 e. The highest BCUT2D eigenvalue weighted by Crippen LogP contribution is 2.15. The topological polar surface area (TPSA) is 140 Å². The van der Waals surface area contributed by atoms with Gasteiger partial charge in [0.25, 0.3) is 0 Å². The maximum atomic E-state index is 12.3. The normalized spacial score (nSPS) is 12.3. The van der Waals surface area contributed by atoms with Gasteiger partial charge >= 0.3 is 11.9 Å². The zero-order chi connectivity index (χ0) is 27.0. The number of carbonyl (C=O) groups excluding carboxylic acids is 3. The summed E-state index contributed by atoms with van der Waals surface area (Å²) in [6.07, 6.45) is 1.20. The Hall–Kier alpha value is -3.47. The largest absolute Gasteiger partial charge is 0.489 e. The van der Waals surface area contributed by atoms with Crippen molar-refractivity contribution in [2.24, 2.45) is 5.73 Å². The highest BCUT2D eigenvalue weighted by molar-refractivity contribution is 5.77. The van der Waals surface area contributed by atoms with Crippen LogP contribution in [-0.2, 0) is 36.9 Å². The van der Waals surface area contributed by atoms with Crippen LogP contribution in [0.15, 0.2) is 54.6 Å². The third-order valence-corrected chi connectivity index (χ3v) is 5.67. The molecule has 0 aliphatic heterocycles. The molecule has 0 heterocycles. The molecule has 2 aromatic rings. The Morgan fingerprint density at radius 2 is 1.68 bits per heavy atom. The molecule has 0 saturated heterocycles. The lowest BCUT2D eigenvalue weighted by Gasteiger charge is -2.20. The maximum absolute atomic E-state index is 12.3. The van der Waals surface area contributed by atoms with Gasteiger partial charge in [0.2, 0.25) is 5.91 Å². The number of nitrogens with two attached hydrogens (primary N) is 1. The van der Waals surface area contributed by atoms with Gasteiger partial charge in [0.1, 0.15) is 18.4 Å². The summed E-state index contributed by atoms with van der Waals surface area (Å²) in [6.45, 7) is 0.793. The van der Waals surface area contributed by atoms with Crippen molar-refractivity contribution in [3.63, 3.8) is 0 Å². The first-order chi connectivity index (χ1) is 17.8. The molecular formula is C27H37N3O7. The fourth-order valence-electron chi connectivity index (χ4n) is 3.61. The first kappa shape index (κ1) is 29.8. The number of esters is 2. The number of benzene rings is 2. The van der Waals surface area contributed by atoms with Crippen molar-refractivity contribution in [2.75, 3.05) is 27.3 Å². The van der Waals surface area contributed by atoms with Gasteiger partial charge in [-0.3, -0.25) is 19.6 Å². The van der Waals surface area contributed by atoms with Gasteiger partial charge in [-0.15, -0.1) is 0 Å². The van der Waals surface area contributed by atoms with Crippen LogP contribution in [-0.4, -0.2) is 67.5 Å². The number of hydroxylamine groups is 2. The molecule has 1 amide bonds. The first-order valence-electron chi connectivity index (χ1n) is 12.2. The van der Waals surface area contributed by atoms with E-state index in [4.69, 9.17) is 15.2 Å². The zero-order valence-corrected chi connectivity index (χ0v) is 21.4. The summed E-state index contributed by atoms with van der Waals surface area (Å²) in [4.78, 5) is 35.5. The van der Waals surface area contributed by atoms with Gasteiger partial charge in [0.05, 0.1) is 20.8 Å². The van der Waals surface area contributed by atoms with E-state index in [1.165, 1.54) is 14.2 Å². The summed E-state index contributed by atoms with van der Waals surface area (Å²) in [7, 11) is 2.54. The van der Waals surface area contributed by atoms with E-state index in [0.717, 1.165) is 16.9 Å². The lowest BCUT2D eigenvalue weighted by atomic mass is 10.1. The molecule has 10 heteroatoms. The lowest BCUT2D eigenvalue weighted by molar-refractivity contribution is -0.166. The van der Waals surface area contributed by atoms with E-state index in [0.29, 0.717) is 31.1 Å². The Balaban J connectivity index is 1.69. The quantitative estimate of drug-likeness (QED) is 0.133. The first-order valence-corrected chi connectivity index (χ1v) is 12.2. The van der Waals surface area contributed by atoms with Crippen LogP contribution in [0.25, 0.3) is 0 Å². The molecule has 37 heavy (non-hydrogen) atoms. The summed E-state index contributed by atoms with van der Waals surface area (Å²) in [5.74, 6) is -0.647. The third-order valence-electron chi connectivity index (χ3n) is 5.67. The molecule has 2 aromatic carbocycles. The number of nitrogens with one attached hydrogen (secondary N) is 1. The number of hydrogen-bond donors (Lipinski definition) is 3. The number of rotatable bonds is 16. The predicted octanol–water partition coefficient (Wildman–Crippen LogP) is 2.22. The van der Waals surface area contributed by atoms with E-state index in [-0.39, 0.29) is 25.8 Å². The second kappa shape index (κ2) is 16.3. The molecule has 2 atom stereocenters. The summed E-state index contributed by atoms with van der Waals surface area (Å²) in [5.41, 5.74) is 8.19. The van der Waals surface area contributed by atoms with E-state index in [1.54, 1.807) is 0 Å². The molecule has 10 nitrogen and oxygen atoms in total. The minimum Gasteiger partial charge on any atom is -0.489 e. The molecule has 0 bridgehead atoms. The molecule has 0 fully saturated rings. The van der Waals surface area contributed by atoms with Crippen molar-refractivity contribution in [3.05, 3.63) is 65.7 Å². The van der Waals surface area contributed by atoms with Gasteiger partial charge in [0, 0.05) is 18.9 Å². The van der Waals surface area contributed by atoms with Crippen LogP contribution < -0.4 is 15.8 Å². The van der Waals surface area contributed by atoms with E-state index >= 15 is 0 Å². The Morgan fingerprint density at radius 1 is 0.973 bits per heavy atom. The van der Waals surface area contributed by atoms with Gasteiger partial charge < -0.3 is 25.3 Å². The van der Waals surface area contributed by atoms with Crippen molar-refractivity contribution in [3.8, 4) is 5.75 Å². The average molecular weight is 516 g/mol. The van der Waals surface area contributed by atoms with Crippen molar-refractivity contribution in [1.82, 2.24) is 10.4 Å². The van der Waals surface area contributed by atoms with Crippen LogP contribution in [0.3, 0.4) is 0 Å².